The Morgan fingerprint density at radius 1 is 1.09 bits per heavy atom. The van der Waals surface area contributed by atoms with E-state index in [0.29, 0.717) is 12.2 Å². The zero-order valence-electron chi connectivity index (χ0n) is 13.4. The van der Waals surface area contributed by atoms with Crippen molar-refractivity contribution in [2.75, 3.05) is 13.2 Å². The number of hydrogen-bond acceptors (Lipinski definition) is 4. The smallest absolute Gasteiger partial charge is 0.338 e. The number of benzene rings is 1. The molecule has 1 aromatic rings. The van der Waals surface area contributed by atoms with Gasteiger partial charge in [-0.2, -0.15) is 0 Å². The van der Waals surface area contributed by atoms with Crippen molar-refractivity contribution < 1.29 is 24.2 Å². The van der Waals surface area contributed by atoms with Crippen LogP contribution in [0.2, 0.25) is 0 Å². The first kappa shape index (κ1) is 18.2. The third-order valence-electron chi connectivity index (χ3n) is 3.66. The molecule has 1 atom stereocenters. The highest BCUT2D eigenvalue weighted by Crippen LogP contribution is 2.21. The third kappa shape index (κ3) is 5.48. The Balaban J connectivity index is 2.41. The number of carboxylic acid groups (broad SMARTS) is 1. The molecule has 5 heteroatoms. The van der Waals surface area contributed by atoms with E-state index in [1.165, 1.54) is 24.3 Å². The standard InChI is InChI=1S/C17H24O5/c1-4-10-17(3,5-2)22-12-11-21-16(20)14-8-6-13(7-9-14)15(18)19/h6-9H,4-5,10-12H2,1-3H3,(H,18,19). The number of ether oxygens (including phenoxy) is 2. The molecule has 0 heterocycles. The molecule has 5 nitrogen and oxygen atoms in total. The second-order valence-electron chi connectivity index (χ2n) is 5.42. The van der Waals surface area contributed by atoms with Gasteiger partial charge >= 0.3 is 11.9 Å². The maximum atomic E-state index is 11.8. The first-order chi connectivity index (χ1) is 10.4. The van der Waals surface area contributed by atoms with Crippen LogP contribution in [0.3, 0.4) is 0 Å². The van der Waals surface area contributed by atoms with Gasteiger partial charge in [-0.05, 0) is 44.0 Å². The van der Waals surface area contributed by atoms with Gasteiger partial charge in [0.2, 0.25) is 0 Å². The number of carbonyl (C=O) groups excluding carboxylic acids is 1. The average molecular weight is 308 g/mol. The quantitative estimate of drug-likeness (QED) is 0.558. The Hall–Kier alpha value is -1.88. The summed E-state index contributed by atoms with van der Waals surface area (Å²) in [5.41, 5.74) is 0.291. The zero-order chi connectivity index (χ0) is 16.6. The van der Waals surface area contributed by atoms with Gasteiger partial charge in [-0.25, -0.2) is 9.59 Å². The fourth-order valence-electron chi connectivity index (χ4n) is 2.13. The van der Waals surface area contributed by atoms with E-state index in [9.17, 15) is 9.59 Å². The van der Waals surface area contributed by atoms with E-state index in [2.05, 4.69) is 20.8 Å². The van der Waals surface area contributed by atoms with Gasteiger partial charge in [0.25, 0.3) is 0 Å². The van der Waals surface area contributed by atoms with Gasteiger partial charge in [-0.3, -0.25) is 0 Å². The summed E-state index contributed by atoms with van der Waals surface area (Å²) in [7, 11) is 0. The second kappa shape index (κ2) is 8.54. The van der Waals surface area contributed by atoms with Crippen LogP contribution in [0.1, 0.15) is 60.7 Å². The lowest BCUT2D eigenvalue weighted by molar-refractivity contribution is -0.0576. The van der Waals surface area contributed by atoms with Gasteiger partial charge in [0, 0.05) is 0 Å². The molecule has 0 aromatic heterocycles. The van der Waals surface area contributed by atoms with Crippen LogP contribution in [0, 0.1) is 0 Å². The average Bonchev–Trinajstić information content (AvgIpc) is 2.51. The molecule has 1 rings (SSSR count). The molecule has 0 aliphatic heterocycles. The van der Waals surface area contributed by atoms with E-state index in [4.69, 9.17) is 14.6 Å². The van der Waals surface area contributed by atoms with Crippen LogP contribution in [-0.4, -0.2) is 35.9 Å². The van der Waals surface area contributed by atoms with Crippen LogP contribution in [0.25, 0.3) is 0 Å². The lowest BCUT2D eigenvalue weighted by Gasteiger charge is -2.28. The highest BCUT2D eigenvalue weighted by Gasteiger charge is 2.21. The molecule has 0 amide bonds. The van der Waals surface area contributed by atoms with Crippen molar-refractivity contribution in [1.82, 2.24) is 0 Å². The highest BCUT2D eigenvalue weighted by atomic mass is 16.6. The summed E-state index contributed by atoms with van der Waals surface area (Å²) in [6.07, 6.45) is 2.92. The molecule has 1 aromatic carbocycles. The van der Waals surface area contributed by atoms with Crippen LogP contribution in [0.15, 0.2) is 24.3 Å². The van der Waals surface area contributed by atoms with Gasteiger partial charge < -0.3 is 14.6 Å². The van der Waals surface area contributed by atoms with E-state index in [0.717, 1.165) is 19.3 Å². The minimum absolute atomic E-state index is 0.137. The highest BCUT2D eigenvalue weighted by molar-refractivity contribution is 5.92. The summed E-state index contributed by atoms with van der Waals surface area (Å²) >= 11 is 0. The van der Waals surface area contributed by atoms with Crippen LogP contribution < -0.4 is 0 Å². The molecule has 1 unspecified atom stereocenters. The molecule has 0 bridgehead atoms. The second-order valence-corrected chi connectivity index (χ2v) is 5.42. The van der Waals surface area contributed by atoms with Crippen molar-refractivity contribution in [2.24, 2.45) is 0 Å². The Bertz CT molecular complexity index is 494. The molecule has 1 N–H and O–H groups in total. The Kier molecular flexibility index (Phi) is 7.05. The molecular weight excluding hydrogens is 284 g/mol. The van der Waals surface area contributed by atoms with Crippen LogP contribution in [0.5, 0.6) is 0 Å². The molecular formula is C17H24O5. The maximum Gasteiger partial charge on any atom is 0.338 e. The van der Waals surface area contributed by atoms with Crippen LogP contribution >= 0.6 is 0 Å². The van der Waals surface area contributed by atoms with Crippen molar-refractivity contribution in [2.45, 2.75) is 45.6 Å². The van der Waals surface area contributed by atoms with Crippen molar-refractivity contribution in [3.63, 3.8) is 0 Å². The predicted octanol–water partition coefficient (Wildman–Crippen LogP) is 3.53. The van der Waals surface area contributed by atoms with E-state index >= 15 is 0 Å². The van der Waals surface area contributed by atoms with E-state index < -0.39 is 11.9 Å². The fourth-order valence-corrected chi connectivity index (χ4v) is 2.13. The van der Waals surface area contributed by atoms with Crippen LogP contribution in [0.4, 0.5) is 0 Å². The van der Waals surface area contributed by atoms with Gasteiger partial charge in [0.1, 0.15) is 6.61 Å². The van der Waals surface area contributed by atoms with Crippen molar-refractivity contribution in [3.05, 3.63) is 35.4 Å². The number of rotatable bonds is 9. The lowest BCUT2D eigenvalue weighted by atomic mass is 9.97. The molecule has 0 saturated heterocycles. The molecule has 0 radical (unpaired) electrons. The third-order valence-corrected chi connectivity index (χ3v) is 3.66. The molecule has 0 saturated carbocycles. The number of aromatic carboxylic acids is 1. The van der Waals surface area contributed by atoms with Crippen molar-refractivity contribution in [1.29, 1.82) is 0 Å². The number of carboxylic acids is 1. The summed E-state index contributed by atoms with van der Waals surface area (Å²) in [6.45, 7) is 6.77. The monoisotopic (exact) mass is 308 g/mol. The maximum absolute atomic E-state index is 11.8. The topological polar surface area (TPSA) is 72.8 Å². The first-order valence-electron chi connectivity index (χ1n) is 7.56. The minimum Gasteiger partial charge on any atom is -0.478 e. The van der Waals surface area contributed by atoms with E-state index in [1.807, 2.05) is 0 Å². The van der Waals surface area contributed by atoms with Crippen LogP contribution in [-0.2, 0) is 9.47 Å². The summed E-state index contributed by atoms with van der Waals surface area (Å²) < 4.78 is 10.9. The number of hydrogen-bond donors (Lipinski definition) is 1. The summed E-state index contributed by atoms with van der Waals surface area (Å²) in [4.78, 5) is 22.6. The minimum atomic E-state index is -1.02. The molecule has 0 aliphatic rings. The Labute approximate surface area is 131 Å². The van der Waals surface area contributed by atoms with Gasteiger partial charge in [-0.15, -0.1) is 0 Å². The molecule has 0 spiro atoms. The summed E-state index contributed by atoms with van der Waals surface area (Å²) in [6, 6.07) is 5.65. The normalized spacial score (nSPS) is 13.4. The number of esters is 1. The number of carbonyl (C=O) groups is 2. The Morgan fingerprint density at radius 2 is 1.68 bits per heavy atom. The lowest BCUT2D eigenvalue weighted by Crippen LogP contribution is -2.29. The predicted molar refractivity (Wildman–Crippen MR) is 83.2 cm³/mol. The van der Waals surface area contributed by atoms with E-state index in [1.54, 1.807) is 0 Å². The zero-order valence-corrected chi connectivity index (χ0v) is 13.4. The van der Waals surface area contributed by atoms with Gasteiger partial charge in [0.05, 0.1) is 23.3 Å². The molecule has 0 aliphatic carbocycles. The van der Waals surface area contributed by atoms with E-state index in [-0.39, 0.29) is 17.8 Å². The van der Waals surface area contributed by atoms with Crippen molar-refractivity contribution in [3.8, 4) is 0 Å². The van der Waals surface area contributed by atoms with Gasteiger partial charge in [-0.1, -0.05) is 20.3 Å². The Morgan fingerprint density at radius 3 is 2.18 bits per heavy atom. The summed E-state index contributed by atoms with van der Waals surface area (Å²) in [5.74, 6) is -1.50. The molecule has 0 fully saturated rings. The fraction of sp³-hybridized carbons (Fsp3) is 0.529. The molecule has 122 valence electrons. The van der Waals surface area contributed by atoms with Crippen molar-refractivity contribution >= 4 is 11.9 Å². The SMILES string of the molecule is CCCC(C)(CC)OCCOC(=O)c1ccc(C(=O)O)cc1. The summed E-state index contributed by atoms with van der Waals surface area (Å²) in [5, 5.41) is 8.80. The largest absolute Gasteiger partial charge is 0.478 e. The first-order valence-corrected chi connectivity index (χ1v) is 7.56. The molecule has 22 heavy (non-hydrogen) atoms. The van der Waals surface area contributed by atoms with Gasteiger partial charge in [0.15, 0.2) is 0 Å².